The minimum atomic E-state index is -0.429. The topological polar surface area (TPSA) is 64.4 Å². The second-order valence-corrected chi connectivity index (χ2v) is 3.78. The Labute approximate surface area is 104 Å². The van der Waals surface area contributed by atoms with E-state index in [0.717, 1.165) is 5.69 Å². The van der Waals surface area contributed by atoms with Crippen LogP contribution in [0.5, 0.6) is 5.75 Å². The zero-order valence-electron chi connectivity index (χ0n) is 9.79. The summed E-state index contributed by atoms with van der Waals surface area (Å²) in [6.07, 6.45) is 0. The Morgan fingerprint density at radius 1 is 1.17 bits per heavy atom. The number of rotatable bonds is 4. The van der Waals surface area contributed by atoms with Gasteiger partial charge in [0.15, 0.2) is 5.75 Å². The lowest BCUT2D eigenvalue weighted by Gasteiger charge is -2.09. The molecule has 0 amide bonds. The summed E-state index contributed by atoms with van der Waals surface area (Å²) in [5, 5.41) is 10.6. The van der Waals surface area contributed by atoms with Crippen LogP contribution in [0.1, 0.15) is 5.56 Å². The highest BCUT2D eigenvalue weighted by molar-refractivity contribution is 5.45. The number of para-hydroxylation sites is 1. The molecule has 1 N–H and O–H groups in total. The maximum atomic E-state index is 10.6. The van der Waals surface area contributed by atoms with Crippen LogP contribution in [-0.2, 0) is 0 Å². The Balaban J connectivity index is 2.08. The molecule has 0 aliphatic carbocycles. The first-order chi connectivity index (χ1) is 8.66. The van der Waals surface area contributed by atoms with Gasteiger partial charge in [0.2, 0.25) is 0 Å². The quantitative estimate of drug-likeness (QED) is 0.662. The summed E-state index contributed by atoms with van der Waals surface area (Å²) in [5.74, 6) is 0.560. The Kier molecular flexibility index (Phi) is 3.43. The van der Waals surface area contributed by atoms with Crippen LogP contribution in [0.15, 0.2) is 48.5 Å². The number of nitro groups is 1. The molecule has 0 fully saturated rings. The standard InChI is InChI=1S/C13H12N2O3/c1-10-9-12(15(16)17)7-8-13(10)18-14-11-5-3-2-4-6-11/h2-9,14H,1H3. The van der Waals surface area contributed by atoms with Gasteiger partial charge in [0.1, 0.15) is 0 Å². The molecule has 92 valence electrons. The van der Waals surface area contributed by atoms with Crippen LogP contribution in [0.2, 0.25) is 0 Å². The van der Waals surface area contributed by atoms with Crippen molar-refractivity contribution in [1.29, 1.82) is 0 Å². The maximum absolute atomic E-state index is 10.6. The highest BCUT2D eigenvalue weighted by Crippen LogP contribution is 2.23. The Morgan fingerprint density at radius 2 is 1.89 bits per heavy atom. The molecule has 0 atom stereocenters. The Morgan fingerprint density at radius 3 is 2.50 bits per heavy atom. The van der Waals surface area contributed by atoms with E-state index in [2.05, 4.69) is 5.48 Å². The minimum absolute atomic E-state index is 0.0551. The van der Waals surface area contributed by atoms with E-state index in [4.69, 9.17) is 4.84 Å². The normalized spacial score (nSPS) is 9.83. The molecule has 0 heterocycles. The molecule has 2 aromatic rings. The smallest absolute Gasteiger partial charge is 0.269 e. The van der Waals surface area contributed by atoms with Crippen molar-refractivity contribution in [3.05, 3.63) is 64.2 Å². The molecule has 0 aromatic heterocycles. The number of nitrogens with one attached hydrogen (secondary N) is 1. The van der Waals surface area contributed by atoms with Crippen molar-refractivity contribution in [2.75, 3.05) is 5.48 Å². The number of benzene rings is 2. The fraction of sp³-hybridized carbons (Fsp3) is 0.0769. The van der Waals surface area contributed by atoms with Gasteiger partial charge in [-0.3, -0.25) is 10.1 Å². The lowest BCUT2D eigenvalue weighted by molar-refractivity contribution is -0.384. The maximum Gasteiger partial charge on any atom is 0.269 e. The average Bonchev–Trinajstić information content (AvgIpc) is 2.38. The second-order valence-electron chi connectivity index (χ2n) is 3.78. The van der Waals surface area contributed by atoms with Crippen molar-refractivity contribution in [2.45, 2.75) is 6.92 Å². The van der Waals surface area contributed by atoms with E-state index >= 15 is 0 Å². The molecular formula is C13H12N2O3. The summed E-state index contributed by atoms with van der Waals surface area (Å²) < 4.78 is 0. The molecule has 2 aromatic carbocycles. The van der Waals surface area contributed by atoms with Gasteiger partial charge in [-0.05, 0) is 25.1 Å². The van der Waals surface area contributed by atoms with Gasteiger partial charge in [-0.1, -0.05) is 18.2 Å². The van der Waals surface area contributed by atoms with Gasteiger partial charge in [-0.15, -0.1) is 0 Å². The van der Waals surface area contributed by atoms with E-state index in [9.17, 15) is 10.1 Å². The van der Waals surface area contributed by atoms with Crippen LogP contribution in [0.4, 0.5) is 11.4 Å². The molecule has 0 saturated carbocycles. The lowest BCUT2D eigenvalue weighted by Crippen LogP contribution is -2.05. The predicted octanol–water partition coefficient (Wildman–Crippen LogP) is 3.31. The summed E-state index contributed by atoms with van der Waals surface area (Å²) in [4.78, 5) is 15.5. The van der Waals surface area contributed by atoms with Gasteiger partial charge in [0.25, 0.3) is 5.69 Å². The van der Waals surface area contributed by atoms with Crippen molar-refractivity contribution in [1.82, 2.24) is 0 Å². The fourth-order valence-corrected chi connectivity index (χ4v) is 1.48. The molecule has 5 heteroatoms. The highest BCUT2D eigenvalue weighted by atomic mass is 16.6. The number of aryl methyl sites for hydroxylation is 1. The van der Waals surface area contributed by atoms with Gasteiger partial charge in [0.05, 0.1) is 10.6 Å². The molecule has 5 nitrogen and oxygen atoms in total. The van der Waals surface area contributed by atoms with Crippen molar-refractivity contribution in [3.8, 4) is 5.75 Å². The third kappa shape index (κ3) is 2.76. The summed E-state index contributed by atoms with van der Waals surface area (Å²) in [7, 11) is 0. The highest BCUT2D eigenvalue weighted by Gasteiger charge is 2.08. The average molecular weight is 244 g/mol. The largest absolute Gasteiger partial charge is 0.382 e. The van der Waals surface area contributed by atoms with E-state index in [1.165, 1.54) is 12.1 Å². The van der Waals surface area contributed by atoms with Crippen LogP contribution in [0, 0.1) is 17.0 Å². The number of hydrogen-bond donors (Lipinski definition) is 1. The Bertz CT molecular complexity index is 555. The third-order valence-electron chi connectivity index (χ3n) is 2.42. The minimum Gasteiger partial charge on any atom is -0.382 e. The zero-order chi connectivity index (χ0) is 13.0. The van der Waals surface area contributed by atoms with Crippen LogP contribution in [0.3, 0.4) is 0 Å². The van der Waals surface area contributed by atoms with Gasteiger partial charge in [-0.2, -0.15) is 0 Å². The van der Waals surface area contributed by atoms with Crippen molar-refractivity contribution < 1.29 is 9.76 Å². The van der Waals surface area contributed by atoms with E-state index < -0.39 is 4.92 Å². The number of anilines is 1. The molecule has 0 aliphatic rings. The van der Waals surface area contributed by atoms with Crippen molar-refractivity contribution >= 4 is 11.4 Å². The van der Waals surface area contributed by atoms with E-state index in [0.29, 0.717) is 11.3 Å². The summed E-state index contributed by atoms with van der Waals surface area (Å²) in [6, 6.07) is 13.9. The number of nitro benzene ring substituents is 1. The second kappa shape index (κ2) is 5.18. The first-order valence-corrected chi connectivity index (χ1v) is 5.40. The Hall–Kier alpha value is -2.56. The number of hydrogen-bond acceptors (Lipinski definition) is 4. The number of nitrogens with zero attached hydrogens (tertiary/aromatic N) is 1. The van der Waals surface area contributed by atoms with Gasteiger partial charge >= 0.3 is 0 Å². The van der Waals surface area contributed by atoms with Crippen LogP contribution < -0.4 is 10.3 Å². The van der Waals surface area contributed by atoms with Gasteiger partial charge in [0, 0.05) is 17.7 Å². The van der Waals surface area contributed by atoms with Crippen LogP contribution in [-0.4, -0.2) is 4.92 Å². The molecule has 18 heavy (non-hydrogen) atoms. The monoisotopic (exact) mass is 244 g/mol. The molecular weight excluding hydrogens is 232 g/mol. The first-order valence-electron chi connectivity index (χ1n) is 5.40. The van der Waals surface area contributed by atoms with Crippen molar-refractivity contribution in [2.24, 2.45) is 0 Å². The predicted molar refractivity (Wildman–Crippen MR) is 68.5 cm³/mol. The molecule has 0 unspecified atom stereocenters. The molecule has 0 bridgehead atoms. The van der Waals surface area contributed by atoms with Gasteiger partial charge in [-0.25, -0.2) is 5.48 Å². The zero-order valence-corrected chi connectivity index (χ0v) is 9.79. The van der Waals surface area contributed by atoms with Crippen LogP contribution in [0.25, 0.3) is 0 Å². The summed E-state index contributed by atoms with van der Waals surface area (Å²) in [6.45, 7) is 1.76. The van der Waals surface area contributed by atoms with Gasteiger partial charge < -0.3 is 4.84 Å². The lowest BCUT2D eigenvalue weighted by atomic mass is 10.2. The summed E-state index contributed by atoms with van der Waals surface area (Å²) in [5.41, 5.74) is 4.35. The molecule has 0 saturated heterocycles. The molecule has 0 radical (unpaired) electrons. The summed E-state index contributed by atoms with van der Waals surface area (Å²) >= 11 is 0. The van der Waals surface area contributed by atoms with E-state index in [-0.39, 0.29) is 5.69 Å². The molecule has 0 spiro atoms. The van der Waals surface area contributed by atoms with Crippen LogP contribution >= 0.6 is 0 Å². The molecule has 0 aliphatic heterocycles. The molecule has 2 rings (SSSR count). The van der Waals surface area contributed by atoms with E-state index in [1.807, 2.05) is 30.3 Å². The fourth-order valence-electron chi connectivity index (χ4n) is 1.48. The third-order valence-corrected chi connectivity index (χ3v) is 2.42. The van der Waals surface area contributed by atoms with Crippen molar-refractivity contribution in [3.63, 3.8) is 0 Å². The van der Waals surface area contributed by atoms with E-state index in [1.54, 1.807) is 13.0 Å². The SMILES string of the molecule is Cc1cc([N+](=O)[O-])ccc1ONc1ccccc1. The number of non-ortho nitro benzene ring substituents is 1. The first kappa shape index (κ1) is 11.9.